The van der Waals surface area contributed by atoms with Gasteiger partial charge in [-0.25, -0.2) is 0 Å². The van der Waals surface area contributed by atoms with Crippen LogP contribution in [0.5, 0.6) is 0 Å². The average molecular weight is 343 g/mol. The fourth-order valence-corrected chi connectivity index (χ4v) is 3.57. The van der Waals surface area contributed by atoms with E-state index in [1.54, 1.807) is 0 Å². The molecule has 1 amide bonds. The summed E-state index contributed by atoms with van der Waals surface area (Å²) in [6.07, 6.45) is 1.72. The molecule has 1 aliphatic heterocycles. The van der Waals surface area contributed by atoms with Gasteiger partial charge in [-0.1, -0.05) is 18.2 Å². The predicted molar refractivity (Wildman–Crippen MR) is 100 cm³/mol. The van der Waals surface area contributed by atoms with Gasteiger partial charge in [-0.05, 0) is 40.1 Å². The van der Waals surface area contributed by atoms with Crippen molar-refractivity contribution in [2.45, 2.75) is 38.9 Å². The molecule has 1 aromatic carbocycles. The minimum atomic E-state index is 0.0910. The highest BCUT2D eigenvalue weighted by Crippen LogP contribution is 2.18. The van der Waals surface area contributed by atoms with Gasteiger partial charge in [0.05, 0.1) is 17.8 Å². The first-order valence-electron chi connectivity index (χ1n) is 9.18. The molecule has 25 heavy (non-hydrogen) atoms. The van der Waals surface area contributed by atoms with E-state index in [-0.39, 0.29) is 5.91 Å². The fourth-order valence-electron chi connectivity index (χ4n) is 3.57. The number of carbonyl (C=O) groups is 1. The highest BCUT2D eigenvalue weighted by Gasteiger charge is 2.23. The molecule has 1 aliphatic rings. The van der Waals surface area contributed by atoms with E-state index in [9.17, 15) is 4.79 Å². The molecule has 1 N–H and O–H groups in total. The smallest absolute Gasteiger partial charge is 0.221 e. The van der Waals surface area contributed by atoms with Crippen molar-refractivity contribution in [3.63, 3.8) is 0 Å². The maximum absolute atomic E-state index is 12.2. The van der Waals surface area contributed by atoms with E-state index in [1.807, 2.05) is 16.8 Å². The third-order valence-electron chi connectivity index (χ3n) is 5.17. The zero-order chi connectivity index (χ0) is 17.8. The molecular formula is C19H29N5O. The van der Waals surface area contributed by atoms with E-state index < -0.39 is 0 Å². The Bertz CT molecular complexity index is 726. The molecule has 1 aromatic heterocycles. The van der Waals surface area contributed by atoms with E-state index in [2.05, 4.69) is 53.4 Å². The highest BCUT2D eigenvalue weighted by atomic mass is 16.1. The van der Waals surface area contributed by atoms with E-state index >= 15 is 0 Å². The SMILES string of the molecule is CCn1nc(CNC(=O)CCN(C)[C@H]2CCN(C)C2)c2ccccc21. The van der Waals surface area contributed by atoms with Crippen molar-refractivity contribution < 1.29 is 4.79 Å². The van der Waals surface area contributed by atoms with Gasteiger partial charge in [0.1, 0.15) is 0 Å². The molecule has 6 nitrogen and oxygen atoms in total. The lowest BCUT2D eigenvalue weighted by atomic mass is 10.2. The van der Waals surface area contributed by atoms with Gasteiger partial charge in [0, 0.05) is 37.5 Å². The van der Waals surface area contributed by atoms with E-state index in [0.29, 0.717) is 19.0 Å². The van der Waals surface area contributed by atoms with Gasteiger partial charge in [0.15, 0.2) is 0 Å². The summed E-state index contributed by atoms with van der Waals surface area (Å²) in [7, 11) is 4.27. The monoisotopic (exact) mass is 343 g/mol. The number of amides is 1. The number of fused-ring (bicyclic) bond motifs is 1. The molecule has 0 unspecified atom stereocenters. The van der Waals surface area contributed by atoms with Crippen molar-refractivity contribution >= 4 is 16.8 Å². The number of para-hydroxylation sites is 1. The summed E-state index contributed by atoms with van der Waals surface area (Å²) < 4.78 is 1.99. The van der Waals surface area contributed by atoms with Crippen LogP contribution < -0.4 is 5.32 Å². The normalized spacial score (nSPS) is 18.3. The molecule has 2 heterocycles. The van der Waals surface area contributed by atoms with Gasteiger partial charge < -0.3 is 15.1 Å². The number of benzene rings is 1. The van der Waals surface area contributed by atoms with Gasteiger partial charge in [-0.2, -0.15) is 5.10 Å². The van der Waals surface area contributed by atoms with Crippen LogP contribution in [0.3, 0.4) is 0 Å². The number of carbonyl (C=O) groups excluding carboxylic acids is 1. The second-order valence-corrected chi connectivity index (χ2v) is 6.99. The topological polar surface area (TPSA) is 53.4 Å². The van der Waals surface area contributed by atoms with Gasteiger partial charge in [0.2, 0.25) is 5.91 Å². The van der Waals surface area contributed by atoms with Crippen molar-refractivity contribution in [2.75, 3.05) is 33.7 Å². The van der Waals surface area contributed by atoms with Crippen LogP contribution in [-0.2, 0) is 17.9 Å². The lowest BCUT2D eigenvalue weighted by molar-refractivity contribution is -0.121. The third kappa shape index (κ3) is 4.19. The molecule has 3 rings (SSSR count). The molecule has 1 saturated heterocycles. The Morgan fingerprint density at radius 2 is 2.20 bits per heavy atom. The van der Waals surface area contributed by atoms with Crippen molar-refractivity contribution in [3.05, 3.63) is 30.0 Å². The largest absolute Gasteiger partial charge is 0.350 e. The molecule has 1 atom stereocenters. The van der Waals surface area contributed by atoms with Crippen LogP contribution >= 0.6 is 0 Å². The average Bonchev–Trinajstić information content (AvgIpc) is 3.21. The lowest BCUT2D eigenvalue weighted by Crippen LogP contribution is -2.36. The second kappa shape index (κ2) is 7.97. The van der Waals surface area contributed by atoms with Crippen LogP contribution in [0.15, 0.2) is 24.3 Å². The maximum atomic E-state index is 12.2. The molecule has 2 aromatic rings. The summed E-state index contributed by atoms with van der Waals surface area (Å²) >= 11 is 0. The minimum Gasteiger partial charge on any atom is -0.350 e. The Morgan fingerprint density at radius 1 is 1.40 bits per heavy atom. The number of hydrogen-bond donors (Lipinski definition) is 1. The van der Waals surface area contributed by atoms with Crippen LogP contribution in [0.4, 0.5) is 0 Å². The summed E-state index contributed by atoms with van der Waals surface area (Å²) in [5, 5.41) is 8.78. The van der Waals surface area contributed by atoms with E-state index in [0.717, 1.165) is 42.8 Å². The summed E-state index contributed by atoms with van der Waals surface area (Å²) in [6, 6.07) is 8.75. The molecule has 0 radical (unpaired) electrons. The van der Waals surface area contributed by atoms with Gasteiger partial charge in [-0.15, -0.1) is 0 Å². The molecular weight excluding hydrogens is 314 g/mol. The third-order valence-corrected chi connectivity index (χ3v) is 5.17. The summed E-state index contributed by atoms with van der Waals surface area (Å²) in [5.74, 6) is 0.0910. The predicted octanol–water partition coefficient (Wildman–Crippen LogP) is 1.70. The zero-order valence-corrected chi connectivity index (χ0v) is 15.5. The number of aromatic nitrogens is 2. The fraction of sp³-hybridized carbons (Fsp3) is 0.579. The Balaban J connectivity index is 1.51. The Morgan fingerprint density at radius 3 is 2.92 bits per heavy atom. The first-order chi connectivity index (χ1) is 12.1. The zero-order valence-electron chi connectivity index (χ0n) is 15.5. The summed E-state index contributed by atoms with van der Waals surface area (Å²) in [6.45, 7) is 6.44. The van der Waals surface area contributed by atoms with Crippen molar-refractivity contribution in [1.29, 1.82) is 0 Å². The Labute approximate surface area is 149 Å². The van der Waals surface area contributed by atoms with Crippen LogP contribution in [-0.4, -0.2) is 65.3 Å². The van der Waals surface area contributed by atoms with Gasteiger partial charge >= 0.3 is 0 Å². The maximum Gasteiger partial charge on any atom is 0.221 e. The summed E-state index contributed by atoms with van der Waals surface area (Å²) in [4.78, 5) is 16.9. The molecule has 136 valence electrons. The Hall–Kier alpha value is -1.92. The quantitative estimate of drug-likeness (QED) is 0.831. The number of rotatable bonds is 7. The van der Waals surface area contributed by atoms with Crippen molar-refractivity contribution in [3.8, 4) is 0 Å². The van der Waals surface area contributed by atoms with E-state index in [1.165, 1.54) is 6.42 Å². The van der Waals surface area contributed by atoms with Crippen LogP contribution in [0.2, 0.25) is 0 Å². The summed E-state index contributed by atoms with van der Waals surface area (Å²) in [5.41, 5.74) is 2.07. The molecule has 0 bridgehead atoms. The van der Waals surface area contributed by atoms with Crippen molar-refractivity contribution in [1.82, 2.24) is 24.9 Å². The second-order valence-electron chi connectivity index (χ2n) is 6.99. The molecule has 6 heteroatoms. The molecule has 0 saturated carbocycles. The standard InChI is InChI=1S/C19H29N5O/c1-4-24-18-8-6-5-7-16(18)17(21-24)13-20-19(25)10-12-23(3)15-9-11-22(2)14-15/h5-8,15H,4,9-14H2,1-3H3,(H,20,25)/t15-/m0/s1. The number of likely N-dealkylation sites (N-methyl/N-ethyl adjacent to an activating group) is 2. The number of hydrogen-bond acceptors (Lipinski definition) is 4. The molecule has 0 spiro atoms. The van der Waals surface area contributed by atoms with Gasteiger partial charge in [0.25, 0.3) is 0 Å². The van der Waals surface area contributed by atoms with Crippen molar-refractivity contribution in [2.24, 2.45) is 0 Å². The lowest BCUT2D eigenvalue weighted by Gasteiger charge is -2.23. The Kier molecular flexibility index (Phi) is 5.71. The number of aryl methyl sites for hydroxylation is 1. The van der Waals surface area contributed by atoms with Crippen LogP contribution in [0.1, 0.15) is 25.5 Å². The van der Waals surface area contributed by atoms with Crippen LogP contribution in [0.25, 0.3) is 10.9 Å². The van der Waals surface area contributed by atoms with E-state index in [4.69, 9.17) is 0 Å². The minimum absolute atomic E-state index is 0.0910. The molecule has 0 aliphatic carbocycles. The van der Waals surface area contributed by atoms with Crippen LogP contribution in [0, 0.1) is 0 Å². The van der Waals surface area contributed by atoms with Gasteiger partial charge in [-0.3, -0.25) is 9.48 Å². The highest BCUT2D eigenvalue weighted by molar-refractivity contribution is 5.83. The first kappa shape index (κ1) is 17.9. The number of likely N-dealkylation sites (tertiary alicyclic amines) is 1. The molecule has 1 fully saturated rings. The first-order valence-corrected chi connectivity index (χ1v) is 9.18. The number of nitrogens with zero attached hydrogens (tertiary/aromatic N) is 4. The number of nitrogens with one attached hydrogen (secondary N) is 1.